The SMILES string of the molecule is CC(C)CCOC(C)C(=O)OCc1ncc(-c2ccccc2)o1. The summed E-state index contributed by atoms with van der Waals surface area (Å²) in [4.78, 5) is 16.0. The van der Waals surface area contributed by atoms with E-state index in [2.05, 4.69) is 18.8 Å². The normalized spacial score (nSPS) is 12.3. The van der Waals surface area contributed by atoms with Gasteiger partial charge in [0.05, 0.1) is 6.20 Å². The van der Waals surface area contributed by atoms with Gasteiger partial charge < -0.3 is 13.9 Å². The molecule has 0 amide bonds. The summed E-state index contributed by atoms with van der Waals surface area (Å²) in [6.07, 6.45) is 1.95. The van der Waals surface area contributed by atoms with E-state index in [9.17, 15) is 4.79 Å². The molecule has 0 aliphatic carbocycles. The molecule has 0 spiro atoms. The topological polar surface area (TPSA) is 61.6 Å². The van der Waals surface area contributed by atoms with Gasteiger partial charge in [-0.05, 0) is 19.3 Å². The average molecular weight is 317 g/mol. The van der Waals surface area contributed by atoms with Crippen molar-refractivity contribution in [3.05, 3.63) is 42.4 Å². The number of rotatable bonds is 8. The van der Waals surface area contributed by atoms with Crippen molar-refractivity contribution >= 4 is 5.97 Å². The van der Waals surface area contributed by atoms with E-state index in [1.54, 1.807) is 13.1 Å². The average Bonchev–Trinajstić information content (AvgIpc) is 3.02. The highest BCUT2D eigenvalue weighted by atomic mass is 16.6. The molecule has 0 radical (unpaired) electrons. The van der Waals surface area contributed by atoms with Crippen LogP contribution in [0.1, 0.15) is 33.1 Å². The predicted molar refractivity (Wildman–Crippen MR) is 86.6 cm³/mol. The van der Waals surface area contributed by atoms with Crippen LogP contribution in [0.25, 0.3) is 11.3 Å². The molecule has 0 N–H and O–H groups in total. The number of esters is 1. The Balaban J connectivity index is 1.79. The molecule has 2 rings (SSSR count). The lowest BCUT2D eigenvalue weighted by atomic mass is 10.1. The molecule has 5 nitrogen and oxygen atoms in total. The van der Waals surface area contributed by atoms with Crippen molar-refractivity contribution in [2.24, 2.45) is 5.92 Å². The second-order valence-corrected chi connectivity index (χ2v) is 5.79. The van der Waals surface area contributed by atoms with Crippen LogP contribution in [-0.4, -0.2) is 23.7 Å². The maximum Gasteiger partial charge on any atom is 0.335 e. The number of hydrogen-bond donors (Lipinski definition) is 0. The van der Waals surface area contributed by atoms with Gasteiger partial charge in [-0.2, -0.15) is 0 Å². The van der Waals surface area contributed by atoms with Crippen LogP contribution >= 0.6 is 0 Å². The van der Waals surface area contributed by atoms with Crippen LogP contribution in [0.2, 0.25) is 0 Å². The monoisotopic (exact) mass is 317 g/mol. The number of hydrogen-bond acceptors (Lipinski definition) is 5. The van der Waals surface area contributed by atoms with E-state index in [1.807, 2.05) is 30.3 Å². The summed E-state index contributed by atoms with van der Waals surface area (Å²) in [5, 5.41) is 0. The molecule has 0 aliphatic rings. The van der Waals surface area contributed by atoms with Crippen molar-refractivity contribution in [3.63, 3.8) is 0 Å². The maximum absolute atomic E-state index is 11.9. The summed E-state index contributed by atoms with van der Waals surface area (Å²) in [6.45, 7) is 6.46. The van der Waals surface area contributed by atoms with Crippen molar-refractivity contribution in [2.75, 3.05) is 6.61 Å². The summed E-state index contributed by atoms with van der Waals surface area (Å²) >= 11 is 0. The molecule has 1 aromatic heterocycles. The van der Waals surface area contributed by atoms with Crippen LogP contribution < -0.4 is 0 Å². The fourth-order valence-electron chi connectivity index (χ4n) is 1.91. The molecule has 124 valence electrons. The number of carbonyl (C=O) groups is 1. The van der Waals surface area contributed by atoms with Crippen LogP contribution in [0.3, 0.4) is 0 Å². The minimum absolute atomic E-state index is 0.00352. The zero-order valence-corrected chi connectivity index (χ0v) is 13.8. The molecule has 1 unspecified atom stereocenters. The molecule has 5 heteroatoms. The Hall–Kier alpha value is -2.14. The first-order valence-electron chi connectivity index (χ1n) is 7.84. The van der Waals surface area contributed by atoms with Crippen molar-refractivity contribution < 1.29 is 18.7 Å². The molecule has 1 heterocycles. The van der Waals surface area contributed by atoms with Gasteiger partial charge >= 0.3 is 5.97 Å². The van der Waals surface area contributed by atoms with Gasteiger partial charge in [0, 0.05) is 12.2 Å². The highest BCUT2D eigenvalue weighted by molar-refractivity contribution is 5.74. The summed E-state index contributed by atoms with van der Waals surface area (Å²) in [5.74, 6) is 1.15. The van der Waals surface area contributed by atoms with Crippen LogP contribution in [-0.2, 0) is 20.9 Å². The molecule has 0 saturated heterocycles. The Kier molecular flexibility index (Phi) is 6.35. The first-order valence-corrected chi connectivity index (χ1v) is 7.84. The fourth-order valence-corrected chi connectivity index (χ4v) is 1.91. The number of benzene rings is 1. The summed E-state index contributed by atoms with van der Waals surface area (Å²) < 4.78 is 16.2. The lowest BCUT2D eigenvalue weighted by Crippen LogP contribution is -2.24. The van der Waals surface area contributed by atoms with Gasteiger partial charge in [0.2, 0.25) is 5.89 Å². The largest absolute Gasteiger partial charge is 0.454 e. The molecular weight excluding hydrogens is 294 g/mol. The first-order chi connectivity index (χ1) is 11.1. The second-order valence-electron chi connectivity index (χ2n) is 5.79. The minimum atomic E-state index is -0.586. The fraction of sp³-hybridized carbons (Fsp3) is 0.444. The third kappa shape index (κ3) is 5.53. The summed E-state index contributed by atoms with van der Waals surface area (Å²) in [7, 11) is 0. The number of nitrogens with zero attached hydrogens (tertiary/aromatic N) is 1. The molecule has 0 fully saturated rings. The number of aromatic nitrogens is 1. The molecular formula is C18H23NO4. The first kappa shape index (κ1) is 17.2. The molecule has 0 saturated carbocycles. The third-order valence-corrected chi connectivity index (χ3v) is 3.34. The Labute approximate surface area is 136 Å². The van der Waals surface area contributed by atoms with Crippen LogP contribution in [0.4, 0.5) is 0 Å². The standard InChI is InChI=1S/C18H23NO4/c1-13(2)9-10-21-14(3)18(20)22-12-17-19-11-16(23-17)15-7-5-4-6-8-15/h4-8,11,13-14H,9-10,12H2,1-3H3. The summed E-state index contributed by atoms with van der Waals surface area (Å²) in [6, 6.07) is 9.65. The zero-order chi connectivity index (χ0) is 16.7. The van der Waals surface area contributed by atoms with E-state index in [0.29, 0.717) is 24.2 Å². The number of ether oxygens (including phenoxy) is 2. The van der Waals surface area contributed by atoms with E-state index >= 15 is 0 Å². The lowest BCUT2D eigenvalue weighted by molar-refractivity contribution is -0.158. The zero-order valence-electron chi connectivity index (χ0n) is 13.8. The lowest BCUT2D eigenvalue weighted by Gasteiger charge is -2.12. The van der Waals surface area contributed by atoms with E-state index in [0.717, 1.165) is 12.0 Å². The van der Waals surface area contributed by atoms with Gasteiger partial charge in [-0.15, -0.1) is 0 Å². The Morgan fingerprint density at radius 3 is 2.65 bits per heavy atom. The van der Waals surface area contributed by atoms with Crippen molar-refractivity contribution in [1.29, 1.82) is 0 Å². The summed E-state index contributed by atoms with van der Waals surface area (Å²) in [5.41, 5.74) is 0.933. The van der Waals surface area contributed by atoms with Crippen LogP contribution in [0.5, 0.6) is 0 Å². The highest BCUT2D eigenvalue weighted by Gasteiger charge is 2.16. The maximum atomic E-state index is 11.9. The van der Waals surface area contributed by atoms with E-state index in [4.69, 9.17) is 13.9 Å². The van der Waals surface area contributed by atoms with Gasteiger partial charge in [0.1, 0.15) is 0 Å². The van der Waals surface area contributed by atoms with E-state index < -0.39 is 12.1 Å². The van der Waals surface area contributed by atoms with E-state index in [-0.39, 0.29) is 6.61 Å². The highest BCUT2D eigenvalue weighted by Crippen LogP contribution is 2.20. The molecule has 1 aromatic carbocycles. The van der Waals surface area contributed by atoms with Crippen molar-refractivity contribution in [1.82, 2.24) is 4.98 Å². The molecule has 1 atom stereocenters. The third-order valence-electron chi connectivity index (χ3n) is 3.34. The smallest absolute Gasteiger partial charge is 0.335 e. The van der Waals surface area contributed by atoms with Crippen molar-refractivity contribution in [2.45, 2.75) is 39.9 Å². The molecule has 23 heavy (non-hydrogen) atoms. The van der Waals surface area contributed by atoms with Gasteiger partial charge in [-0.25, -0.2) is 9.78 Å². The Morgan fingerprint density at radius 2 is 1.96 bits per heavy atom. The van der Waals surface area contributed by atoms with Gasteiger partial charge in [0.25, 0.3) is 0 Å². The second kappa shape index (κ2) is 8.48. The van der Waals surface area contributed by atoms with Gasteiger partial charge in [0.15, 0.2) is 18.5 Å². The Bertz CT molecular complexity index is 606. The Morgan fingerprint density at radius 1 is 1.22 bits per heavy atom. The molecule has 0 aliphatic heterocycles. The van der Waals surface area contributed by atoms with Crippen LogP contribution in [0.15, 0.2) is 40.9 Å². The van der Waals surface area contributed by atoms with Crippen molar-refractivity contribution in [3.8, 4) is 11.3 Å². The number of carbonyl (C=O) groups excluding carboxylic acids is 1. The van der Waals surface area contributed by atoms with E-state index in [1.165, 1.54) is 0 Å². The van der Waals surface area contributed by atoms with Crippen LogP contribution in [0, 0.1) is 5.92 Å². The molecule has 0 bridgehead atoms. The minimum Gasteiger partial charge on any atom is -0.454 e. The quantitative estimate of drug-likeness (QED) is 0.692. The number of oxazole rings is 1. The molecule has 2 aromatic rings. The van der Waals surface area contributed by atoms with Gasteiger partial charge in [-0.3, -0.25) is 0 Å². The van der Waals surface area contributed by atoms with Gasteiger partial charge in [-0.1, -0.05) is 44.2 Å². The predicted octanol–water partition coefficient (Wildman–Crippen LogP) is 3.84.